The lowest BCUT2D eigenvalue weighted by atomic mass is 10.1. The van der Waals surface area contributed by atoms with Gasteiger partial charge in [-0.15, -0.1) is 0 Å². The van der Waals surface area contributed by atoms with Crippen molar-refractivity contribution in [1.82, 2.24) is 0 Å². The molecule has 0 aromatic heterocycles. The molecule has 3 N–H and O–H groups in total. The zero-order chi connectivity index (χ0) is 14.8. The number of nitrogens with one attached hydrogen (secondary N) is 1. The van der Waals surface area contributed by atoms with Crippen molar-refractivity contribution in [2.45, 2.75) is 26.7 Å². The maximum Gasteiger partial charge on any atom is 0.224 e. The number of ether oxygens (including phenoxy) is 1. The Bertz CT molecular complexity index is 501. The van der Waals surface area contributed by atoms with Gasteiger partial charge in [-0.25, -0.2) is 0 Å². The fourth-order valence-corrected chi connectivity index (χ4v) is 1.68. The lowest BCUT2D eigenvalue weighted by Crippen LogP contribution is -2.13. The summed E-state index contributed by atoms with van der Waals surface area (Å²) in [7, 11) is 0. The Morgan fingerprint density at radius 2 is 2.25 bits per heavy atom. The summed E-state index contributed by atoms with van der Waals surface area (Å²) in [6.45, 7) is 5.52. The minimum atomic E-state index is -0.00302. The van der Waals surface area contributed by atoms with Gasteiger partial charge in [-0.2, -0.15) is 0 Å². The highest BCUT2D eigenvalue weighted by atomic mass is 16.5. The van der Waals surface area contributed by atoms with E-state index in [1.165, 1.54) is 0 Å². The third-order valence-electron chi connectivity index (χ3n) is 2.74. The Balaban J connectivity index is 2.59. The Labute approximate surface area is 120 Å². The van der Waals surface area contributed by atoms with Crippen LogP contribution in [0.2, 0.25) is 0 Å². The van der Waals surface area contributed by atoms with Crippen LogP contribution in [0.3, 0.4) is 0 Å². The van der Waals surface area contributed by atoms with Crippen molar-refractivity contribution in [3.63, 3.8) is 0 Å². The SMILES string of the molecule is CCOCCCC(=O)Nc1cc(C#CCN)ccc1C. The minimum absolute atomic E-state index is 0.00302. The Morgan fingerprint density at radius 1 is 1.45 bits per heavy atom. The first-order valence-corrected chi connectivity index (χ1v) is 6.84. The van der Waals surface area contributed by atoms with E-state index in [1.807, 2.05) is 32.0 Å². The van der Waals surface area contributed by atoms with E-state index in [2.05, 4.69) is 17.2 Å². The molecule has 0 saturated carbocycles. The number of rotatable bonds is 6. The maximum atomic E-state index is 11.8. The second-order valence-electron chi connectivity index (χ2n) is 4.38. The molecule has 0 unspecified atom stereocenters. The van der Waals surface area contributed by atoms with Gasteiger partial charge in [-0.1, -0.05) is 17.9 Å². The largest absolute Gasteiger partial charge is 0.382 e. The molecule has 4 heteroatoms. The zero-order valence-corrected chi connectivity index (χ0v) is 12.2. The van der Waals surface area contributed by atoms with E-state index in [4.69, 9.17) is 10.5 Å². The van der Waals surface area contributed by atoms with Gasteiger partial charge in [0.05, 0.1) is 6.54 Å². The number of carbonyl (C=O) groups is 1. The van der Waals surface area contributed by atoms with Crippen molar-refractivity contribution < 1.29 is 9.53 Å². The van der Waals surface area contributed by atoms with E-state index >= 15 is 0 Å². The molecule has 0 aliphatic rings. The van der Waals surface area contributed by atoms with Crippen LogP contribution in [0.25, 0.3) is 0 Å². The smallest absolute Gasteiger partial charge is 0.224 e. The average molecular weight is 274 g/mol. The predicted octanol–water partition coefficient (Wildman–Crippen LogP) is 2.06. The number of hydrogen-bond donors (Lipinski definition) is 2. The van der Waals surface area contributed by atoms with Crippen molar-refractivity contribution in [2.24, 2.45) is 5.73 Å². The van der Waals surface area contributed by atoms with E-state index in [1.54, 1.807) is 0 Å². The van der Waals surface area contributed by atoms with E-state index in [9.17, 15) is 4.79 Å². The first kappa shape index (κ1) is 16.2. The number of aryl methyl sites for hydroxylation is 1. The molecule has 0 spiro atoms. The Morgan fingerprint density at radius 3 is 2.95 bits per heavy atom. The molecule has 0 aliphatic heterocycles. The standard InChI is InChI=1S/C16H22N2O2/c1-3-20-11-5-7-16(19)18-15-12-14(6-4-10-17)9-8-13(15)2/h8-9,12H,3,5,7,10-11,17H2,1-2H3,(H,18,19). The van der Waals surface area contributed by atoms with Gasteiger partial charge in [0.1, 0.15) is 0 Å². The number of hydrogen-bond acceptors (Lipinski definition) is 3. The molecular formula is C16H22N2O2. The first-order chi connectivity index (χ1) is 9.67. The van der Waals surface area contributed by atoms with Crippen LogP contribution in [-0.2, 0) is 9.53 Å². The van der Waals surface area contributed by atoms with Crippen LogP contribution in [-0.4, -0.2) is 25.7 Å². The van der Waals surface area contributed by atoms with E-state index in [0.29, 0.717) is 26.2 Å². The predicted molar refractivity (Wildman–Crippen MR) is 81.5 cm³/mol. The summed E-state index contributed by atoms with van der Waals surface area (Å²) in [4.78, 5) is 11.8. The van der Waals surface area contributed by atoms with Gasteiger partial charge in [0.15, 0.2) is 0 Å². The van der Waals surface area contributed by atoms with Crippen molar-refractivity contribution >= 4 is 11.6 Å². The van der Waals surface area contributed by atoms with E-state index in [0.717, 1.165) is 23.2 Å². The lowest BCUT2D eigenvalue weighted by Gasteiger charge is -2.09. The van der Waals surface area contributed by atoms with Crippen LogP contribution < -0.4 is 11.1 Å². The maximum absolute atomic E-state index is 11.8. The van der Waals surface area contributed by atoms with Crippen molar-refractivity contribution in [3.05, 3.63) is 29.3 Å². The number of benzene rings is 1. The summed E-state index contributed by atoms with van der Waals surface area (Å²) >= 11 is 0. The number of nitrogens with two attached hydrogens (primary N) is 1. The molecule has 0 aliphatic carbocycles. The molecule has 0 bridgehead atoms. The summed E-state index contributed by atoms with van der Waals surface area (Å²) in [5.41, 5.74) is 8.02. The Hall–Kier alpha value is -1.83. The van der Waals surface area contributed by atoms with Gasteiger partial charge in [0.2, 0.25) is 5.91 Å². The van der Waals surface area contributed by atoms with Crippen molar-refractivity contribution in [1.29, 1.82) is 0 Å². The quantitative estimate of drug-likeness (QED) is 0.616. The molecule has 1 amide bonds. The van der Waals surface area contributed by atoms with Gasteiger partial charge < -0.3 is 15.8 Å². The summed E-state index contributed by atoms with van der Waals surface area (Å²) < 4.78 is 5.21. The lowest BCUT2D eigenvalue weighted by molar-refractivity contribution is -0.116. The second-order valence-corrected chi connectivity index (χ2v) is 4.38. The van der Waals surface area contributed by atoms with Crippen LogP contribution >= 0.6 is 0 Å². The first-order valence-electron chi connectivity index (χ1n) is 6.84. The average Bonchev–Trinajstić information content (AvgIpc) is 2.44. The summed E-state index contributed by atoms with van der Waals surface area (Å²) in [5.74, 6) is 5.76. The van der Waals surface area contributed by atoms with Crippen LogP contribution in [0.5, 0.6) is 0 Å². The topological polar surface area (TPSA) is 64.3 Å². The van der Waals surface area contributed by atoms with Gasteiger partial charge in [-0.3, -0.25) is 4.79 Å². The van der Waals surface area contributed by atoms with Gasteiger partial charge in [0.25, 0.3) is 0 Å². The van der Waals surface area contributed by atoms with Crippen LogP contribution in [0.15, 0.2) is 18.2 Å². The van der Waals surface area contributed by atoms with Gasteiger partial charge >= 0.3 is 0 Å². The molecule has 1 aromatic rings. The molecular weight excluding hydrogens is 252 g/mol. The molecule has 20 heavy (non-hydrogen) atoms. The molecule has 4 nitrogen and oxygen atoms in total. The molecule has 0 saturated heterocycles. The van der Waals surface area contributed by atoms with E-state index < -0.39 is 0 Å². The molecule has 1 rings (SSSR count). The fourth-order valence-electron chi connectivity index (χ4n) is 1.68. The van der Waals surface area contributed by atoms with Crippen LogP contribution in [0.1, 0.15) is 30.9 Å². The van der Waals surface area contributed by atoms with Crippen LogP contribution in [0.4, 0.5) is 5.69 Å². The number of carbonyl (C=O) groups excluding carboxylic acids is 1. The summed E-state index contributed by atoms with van der Waals surface area (Å²) in [6, 6.07) is 5.73. The number of anilines is 1. The third-order valence-corrected chi connectivity index (χ3v) is 2.74. The van der Waals surface area contributed by atoms with E-state index in [-0.39, 0.29) is 5.91 Å². The second kappa shape index (κ2) is 9.13. The summed E-state index contributed by atoms with van der Waals surface area (Å²) in [5, 5.41) is 2.91. The highest BCUT2D eigenvalue weighted by Crippen LogP contribution is 2.16. The minimum Gasteiger partial charge on any atom is -0.382 e. The van der Waals surface area contributed by atoms with Gasteiger partial charge in [0, 0.05) is 30.9 Å². The highest BCUT2D eigenvalue weighted by molar-refractivity contribution is 5.91. The van der Waals surface area contributed by atoms with Crippen LogP contribution in [0, 0.1) is 18.8 Å². The highest BCUT2D eigenvalue weighted by Gasteiger charge is 2.05. The zero-order valence-electron chi connectivity index (χ0n) is 12.2. The van der Waals surface area contributed by atoms with Gasteiger partial charge in [-0.05, 0) is 38.0 Å². The molecule has 108 valence electrons. The number of amides is 1. The molecule has 1 aromatic carbocycles. The molecule has 0 fully saturated rings. The summed E-state index contributed by atoms with van der Waals surface area (Å²) in [6.07, 6.45) is 1.18. The normalized spacial score (nSPS) is 9.75. The fraction of sp³-hybridized carbons (Fsp3) is 0.438. The van der Waals surface area contributed by atoms with Crippen molar-refractivity contribution in [3.8, 4) is 11.8 Å². The van der Waals surface area contributed by atoms with Crippen molar-refractivity contribution in [2.75, 3.05) is 25.1 Å². The molecule has 0 radical (unpaired) electrons. The third kappa shape index (κ3) is 5.87. The monoisotopic (exact) mass is 274 g/mol. The molecule has 0 atom stereocenters. The Kier molecular flexibility index (Phi) is 7.41. The molecule has 0 heterocycles.